The summed E-state index contributed by atoms with van der Waals surface area (Å²) >= 11 is 0. The number of benzene rings is 1. The van der Waals surface area contributed by atoms with Gasteiger partial charge in [0.05, 0.1) is 0 Å². The van der Waals surface area contributed by atoms with E-state index >= 15 is 0 Å². The zero-order chi connectivity index (χ0) is 22.5. The van der Waals surface area contributed by atoms with Gasteiger partial charge in [0.25, 0.3) is 5.91 Å². The fourth-order valence-corrected chi connectivity index (χ4v) is 6.01. The van der Waals surface area contributed by atoms with Crippen molar-refractivity contribution in [2.75, 3.05) is 13.1 Å². The number of amides is 3. The maximum atomic E-state index is 12.9. The molecule has 1 aliphatic carbocycles. The van der Waals surface area contributed by atoms with Crippen LogP contribution in [0.2, 0.25) is 0 Å². The Kier molecular flexibility index (Phi) is 5.48. The molecule has 5 rings (SSSR count). The first-order chi connectivity index (χ1) is 15.3. The minimum absolute atomic E-state index is 0.143. The molecule has 0 aromatic heterocycles. The van der Waals surface area contributed by atoms with E-state index in [1.807, 2.05) is 18.2 Å². The summed E-state index contributed by atoms with van der Waals surface area (Å²) in [6.07, 6.45) is 6.75. The van der Waals surface area contributed by atoms with Crippen LogP contribution in [-0.4, -0.2) is 58.8 Å². The molecule has 7 heteroatoms. The summed E-state index contributed by atoms with van der Waals surface area (Å²) < 4.78 is 6.49. The molecule has 32 heavy (non-hydrogen) atoms. The normalized spacial score (nSPS) is 30.4. The molecule has 3 amide bonds. The van der Waals surface area contributed by atoms with Crippen molar-refractivity contribution in [2.24, 2.45) is 5.41 Å². The Bertz CT molecular complexity index is 943. The van der Waals surface area contributed by atoms with Gasteiger partial charge in [-0.2, -0.15) is 0 Å². The smallest absolute Gasteiger partial charge is 0.255 e. The lowest BCUT2D eigenvalue weighted by atomic mass is 9.83. The van der Waals surface area contributed by atoms with E-state index < -0.39 is 6.04 Å². The van der Waals surface area contributed by atoms with Gasteiger partial charge < -0.3 is 9.64 Å². The minimum atomic E-state index is -0.585. The van der Waals surface area contributed by atoms with Gasteiger partial charge in [-0.15, -0.1) is 0 Å². The topological polar surface area (TPSA) is 79.0 Å². The Morgan fingerprint density at radius 3 is 2.72 bits per heavy atom. The van der Waals surface area contributed by atoms with Crippen LogP contribution in [0.1, 0.15) is 74.7 Å². The third-order valence-electron chi connectivity index (χ3n) is 7.60. The number of rotatable bonds is 4. The molecule has 2 saturated heterocycles. The molecular weight excluding hydrogens is 406 g/mol. The molecule has 3 atom stereocenters. The van der Waals surface area contributed by atoms with E-state index in [1.54, 1.807) is 4.90 Å². The van der Waals surface area contributed by atoms with Gasteiger partial charge in [0, 0.05) is 31.1 Å². The fourth-order valence-electron chi connectivity index (χ4n) is 6.01. The van der Waals surface area contributed by atoms with Crippen LogP contribution in [0.15, 0.2) is 18.2 Å². The summed E-state index contributed by atoms with van der Waals surface area (Å²) in [5.74, 6) is 0.0108. The number of carbonyl (C=O) groups excluding carboxylic acids is 3. The summed E-state index contributed by atoms with van der Waals surface area (Å²) in [4.78, 5) is 40.9. The molecule has 1 unspecified atom stereocenters. The number of imide groups is 1. The fraction of sp³-hybridized carbons (Fsp3) is 0.640. The largest absolute Gasteiger partial charge is 0.489 e. The van der Waals surface area contributed by atoms with Crippen molar-refractivity contribution >= 4 is 17.7 Å². The summed E-state index contributed by atoms with van der Waals surface area (Å²) in [5, 5.41) is 2.35. The zero-order valence-electron chi connectivity index (χ0n) is 19.1. The molecule has 4 aliphatic rings. The molecule has 172 valence electrons. The predicted molar refractivity (Wildman–Crippen MR) is 119 cm³/mol. The van der Waals surface area contributed by atoms with Gasteiger partial charge in [0.1, 0.15) is 17.9 Å². The molecule has 3 fully saturated rings. The molecule has 3 aliphatic heterocycles. The van der Waals surface area contributed by atoms with Crippen LogP contribution >= 0.6 is 0 Å². The third kappa shape index (κ3) is 4.03. The van der Waals surface area contributed by atoms with Crippen LogP contribution in [0.3, 0.4) is 0 Å². The number of nitrogens with one attached hydrogen (secondary N) is 1. The van der Waals surface area contributed by atoms with E-state index in [2.05, 4.69) is 24.1 Å². The van der Waals surface area contributed by atoms with E-state index in [0.717, 1.165) is 30.8 Å². The van der Waals surface area contributed by atoms with Crippen molar-refractivity contribution in [1.82, 2.24) is 15.1 Å². The lowest BCUT2D eigenvalue weighted by molar-refractivity contribution is -0.136. The second-order valence-electron chi connectivity index (χ2n) is 10.6. The summed E-state index contributed by atoms with van der Waals surface area (Å²) in [7, 11) is 0. The number of hydrogen-bond donors (Lipinski definition) is 1. The first kappa shape index (κ1) is 21.4. The van der Waals surface area contributed by atoms with Crippen LogP contribution in [-0.2, 0) is 16.1 Å². The minimum Gasteiger partial charge on any atom is -0.489 e. The number of ether oxygens (including phenoxy) is 1. The molecule has 0 spiro atoms. The van der Waals surface area contributed by atoms with E-state index in [9.17, 15) is 14.4 Å². The molecule has 1 N–H and O–H groups in total. The Hall–Kier alpha value is -2.41. The highest BCUT2D eigenvalue weighted by Crippen LogP contribution is 2.36. The van der Waals surface area contributed by atoms with Crippen LogP contribution in [0.5, 0.6) is 5.75 Å². The van der Waals surface area contributed by atoms with Gasteiger partial charge in [0.15, 0.2) is 0 Å². The maximum absolute atomic E-state index is 12.9. The Balaban J connectivity index is 1.28. The third-order valence-corrected chi connectivity index (χ3v) is 7.60. The second-order valence-corrected chi connectivity index (χ2v) is 10.6. The van der Waals surface area contributed by atoms with Gasteiger partial charge in [0.2, 0.25) is 11.8 Å². The van der Waals surface area contributed by atoms with Crippen molar-refractivity contribution in [1.29, 1.82) is 0 Å². The van der Waals surface area contributed by atoms with Crippen LogP contribution in [0.25, 0.3) is 0 Å². The second kappa shape index (κ2) is 8.18. The molecular formula is C25H33N3O4. The quantitative estimate of drug-likeness (QED) is 0.730. The molecule has 0 bridgehead atoms. The predicted octanol–water partition coefficient (Wildman–Crippen LogP) is 2.87. The summed E-state index contributed by atoms with van der Waals surface area (Å²) in [5.41, 5.74) is 1.88. The highest BCUT2D eigenvalue weighted by molar-refractivity contribution is 6.05. The van der Waals surface area contributed by atoms with Crippen molar-refractivity contribution in [3.8, 4) is 5.75 Å². The average Bonchev–Trinajstić information content (AvgIpc) is 3.32. The number of carbonyl (C=O) groups is 3. The number of fused-ring (bicyclic) bond motifs is 1. The number of piperidine rings is 2. The van der Waals surface area contributed by atoms with E-state index in [-0.39, 0.29) is 30.2 Å². The summed E-state index contributed by atoms with van der Waals surface area (Å²) in [6, 6.07) is 5.55. The van der Waals surface area contributed by atoms with Gasteiger partial charge in [-0.25, -0.2) is 0 Å². The first-order valence-corrected chi connectivity index (χ1v) is 12.0. The molecule has 3 heterocycles. The van der Waals surface area contributed by atoms with Crippen molar-refractivity contribution in [3.05, 3.63) is 29.3 Å². The number of hydrogen-bond acceptors (Lipinski definition) is 5. The summed E-state index contributed by atoms with van der Waals surface area (Å²) in [6.45, 7) is 7.36. The van der Waals surface area contributed by atoms with Gasteiger partial charge in [-0.3, -0.25) is 24.6 Å². The van der Waals surface area contributed by atoms with Crippen LogP contribution in [0, 0.1) is 5.41 Å². The molecule has 1 aromatic rings. The Morgan fingerprint density at radius 1 is 1.09 bits per heavy atom. The highest BCUT2D eigenvalue weighted by Gasteiger charge is 2.40. The Morgan fingerprint density at radius 2 is 1.94 bits per heavy atom. The molecule has 1 aromatic carbocycles. The molecule has 1 saturated carbocycles. The van der Waals surface area contributed by atoms with Crippen LogP contribution < -0.4 is 10.1 Å². The van der Waals surface area contributed by atoms with Crippen molar-refractivity contribution in [2.45, 2.75) is 83.5 Å². The Labute approximate surface area is 189 Å². The van der Waals surface area contributed by atoms with Gasteiger partial charge >= 0.3 is 0 Å². The van der Waals surface area contributed by atoms with Crippen LogP contribution in [0.4, 0.5) is 0 Å². The van der Waals surface area contributed by atoms with E-state index in [0.29, 0.717) is 30.0 Å². The standard InChI is InChI=1S/C25H33N3O4/c1-25(2)11-4-12-27(15-25)19-5-3-6-21(19)32-17-7-8-18-16(13-17)14-28(24(18)31)20-9-10-22(29)26-23(20)30/h7-8,13,19-21H,3-6,9-12,14-15H2,1-2H3,(H,26,29,30)/t19-,20?,21-/m0/s1. The van der Waals surface area contributed by atoms with Gasteiger partial charge in [-0.05, 0) is 74.2 Å². The maximum Gasteiger partial charge on any atom is 0.255 e. The van der Waals surface area contributed by atoms with Crippen molar-refractivity contribution < 1.29 is 19.1 Å². The number of likely N-dealkylation sites (tertiary alicyclic amines) is 1. The zero-order valence-corrected chi connectivity index (χ0v) is 19.1. The molecule has 0 radical (unpaired) electrons. The highest BCUT2D eigenvalue weighted by atomic mass is 16.5. The monoisotopic (exact) mass is 439 g/mol. The molecule has 7 nitrogen and oxygen atoms in total. The first-order valence-electron chi connectivity index (χ1n) is 12.0. The lowest BCUT2D eigenvalue weighted by Gasteiger charge is -2.42. The SMILES string of the molecule is CC1(C)CCCN([C@H]2CCC[C@@H]2Oc2ccc3c(c2)CN(C2CCC(=O)NC2=O)C3=O)C1. The lowest BCUT2D eigenvalue weighted by Crippen LogP contribution is -2.52. The van der Waals surface area contributed by atoms with Crippen molar-refractivity contribution in [3.63, 3.8) is 0 Å². The van der Waals surface area contributed by atoms with E-state index in [1.165, 1.54) is 25.7 Å². The average molecular weight is 440 g/mol. The van der Waals surface area contributed by atoms with E-state index in [4.69, 9.17) is 4.74 Å². The number of nitrogens with zero attached hydrogens (tertiary/aromatic N) is 2. The van der Waals surface area contributed by atoms with Gasteiger partial charge in [-0.1, -0.05) is 13.8 Å².